The Labute approximate surface area is 176 Å². The van der Waals surface area contributed by atoms with Crippen molar-refractivity contribution in [2.75, 3.05) is 7.11 Å². The first-order valence-corrected chi connectivity index (χ1v) is 10.9. The average Bonchev–Trinajstić information content (AvgIpc) is 3.46. The second-order valence-corrected chi connectivity index (χ2v) is 8.68. The van der Waals surface area contributed by atoms with Crippen LogP contribution in [0.15, 0.2) is 47.4 Å². The van der Waals surface area contributed by atoms with Crippen LogP contribution in [-0.2, 0) is 21.4 Å². The van der Waals surface area contributed by atoms with E-state index in [1.807, 2.05) is 0 Å². The molecule has 0 saturated heterocycles. The van der Waals surface area contributed by atoms with E-state index in [2.05, 4.69) is 9.71 Å². The number of fused-ring (bicyclic) bond motifs is 1. The standard InChI is InChI=1S/C20H19F2N3O5S/c1-29-16-9-6-12(10-17(16)31(27,28)24-13-7-8-13)19(26)30-11-18-23-14-4-2-3-5-15(14)25(18)20(21)22/h2-6,9-10,13,20,24H,7-8,11H2,1H3. The van der Waals surface area contributed by atoms with E-state index in [1.165, 1.54) is 25.3 Å². The fraction of sp³-hybridized carbons (Fsp3) is 0.300. The molecule has 0 atom stereocenters. The largest absolute Gasteiger partial charge is 0.495 e. The van der Waals surface area contributed by atoms with Crippen molar-refractivity contribution in [1.29, 1.82) is 0 Å². The third-order valence-electron chi connectivity index (χ3n) is 4.78. The lowest BCUT2D eigenvalue weighted by Crippen LogP contribution is -2.26. The first-order chi connectivity index (χ1) is 14.8. The lowest BCUT2D eigenvalue weighted by molar-refractivity contribution is 0.0387. The summed E-state index contributed by atoms with van der Waals surface area (Å²) in [6.45, 7) is -3.38. The number of hydrogen-bond acceptors (Lipinski definition) is 6. The monoisotopic (exact) mass is 451 g/mol. The predicted octanol–water partition coefficient (Wildman–Crippen LogP) is 3.24. The number of hydrogen-bond donors (Lipinski definition) is 1. The Hall–Kier alpha value is -3.05. The third-order valence-corrected chi connectivity index (χ3v) is 6.33. The molecule has 1 fully saturated rings. The zero-order chi connectivity index (χ0) is 22.2. The normalized spacial score (nSPS) is 14.2. The van der Waals surface area contributed by atoms with Gasteiger partial charge in [0.2, 0.25) is 10.0 Å². The zero-order valence-electron chi connectivity index (χ0n) is 16.4. The first kappa shape index (κ1) is 21.2. The van der Waals surface area contributed by atoms with Crippen molar-refractivity contribution in [2.45, 2.75) is 36.9 Å². The second-order valence-electron chi connectivity index (χ2n) is 7.00. The Morgan fingerprint density at radius 1 is 1.26 bits per heavy atom. The number of alkyl halides is 2. The Morgan fingerprint density at radius 2 is 2.00 bits per heavy atom. The van der Waals surface area contributed by atoms with E-state index >= 15 is 0 Å². The van der Waals surface area contributed by atoms with Crippen LogP contribution < -0.4 is 9.46 Å². The van der Waals surface area contributed by atoms with E-state index < -0.39 is 29.1 Å². The molecule has 1 heterocycles. The van der Waals surface area contributed by atoms with Crippen LogP contribution in [0.4, 0.5) is 8.78 Å². The van der Waals surface area contributed by atoms with Crippen molar-refractivity contribution < 1.29 is 31.5 Å². The molecule has 1 aliphatic carbocycles. The number of esters is 1. The lowest BCUT2D eigenvalue weighted by Gasteiger charge is -2.12. The first-order valence-electron chi connectivity index (χ1n) is 9.41. The van der Waals surface area contributed by atoms with Crippen molar-refractivity contribution in [3.8, 4) is 5.75 Å². The highest BCUT2D eigenvalue weighted by Crippen LogP contribution is 2.29. The molecule has 31 heavy (non-hydrogen) atoms. The summed E-state index contributed by atoms with van der Waals surface area (Å²) in [5, 5.41) is 0. The topological polar surface area (TPSA) is 99.5 Å². The minimum atomic E-state index is -3.90. The highest BCUT2D eigenvalue weighted by Gasteiger charge is 2.30. The summed E-state index contributed by atoms with van der Waals surface area (Å²) in [6.07, 6.45) is 1.49. The van der Waals surface area contributed by atoms with Crippen LogP contribution >= 0.6 is 0 Å². The van der Waals surface area contributed by atoms with Crippen LogP contribution in [0.1, 0.15) is 35.6 Å². The Balaban J connectivity index is 1.57. The summed E-state index contributed by atoms with van der Waals surface area (Å²) in [7, 11) is -2.58. The van der Waals surface area contributed by atoms with Crippen molar-refractivity contribution in [3.63, 3.8) is 0 Å². The number of nitrogens with one attached hydrogen (secondary N) is 1. The number of ether oxygens (including phenoxy) is 2. The maximum absolute atomic E-state index is 13.5. The van der Waals surface area contributed by atoms with Crippen molar-refractivity contribution in [3.05, 3.63) is 53.9 Å². The van der Waals surface area contributed by atoms with E-state index in [0.717, 1.165) is 18.9 Å². The van der Waals surface area contributed by atoms with E-state index in [4.69, 9.17) is 9.47 Å². The van der Waals surface area contributed by atoms with Gasteiger partial charge in [-0.15, -0.1) is 0 Å². The summed E-state index contributed by atoms with van der Waals surface area (Å²) < 4.78 is 65.7. The molecule has 1 aromatic heterocycles. The second kappa shape index (κ2) is 8.23. The molecule has 2 aromatic carbocycles. The number of methoxy groups -OCH3 is 1. The molecule has 11 heteroatoms. The minimum absolute atomic E-state index is 0.0586. The SMILES string of the molecule is COc1ccc(C(=O)OCc2nc3ccccc3n2C(F)F)cc1S(=O)(=O)NC1CC1. The van der Waals surface area contributed by atoms with Crippen LogP contribution in [0.2, 0.25) is 0 Å². The summed E-state index contributed by atoms with van der Waals surface area (Å²) in [5.41, 5.74) is 0.502. The fourth-order valence-corrected chi connectivity index (χ4v) is 4.63. The number of nitrogens with zero attached hydrogens (tertiary/aromatic N) is 2. The Morgan fingerprint density at radius 3 is 2.68 bits per heavy atom. The van der Waals surface area contributed by atoms with E-state index in [-0.39, 0.29) is 33.6 Å². The molecule has 1 saturated carbocycles. The van der Waals surface area contributed by atoms with Crippen LogP contribution in [0.25, 0.3) is 11.0 Å². The van der Waals surface area contributed by atoms with Gasteiger partial charge in [-0.05, 0) is 43.2 Å². The molecule has 0 aliphatic heterocycles. The molecule has 0 bridgehead atoms. The maximum atomic E-state index is 13.5. The van der Waals surface area contributed by atoms with Gasteiger partial charge in [0.25, 0.3) is 0 Å². The smallest absolute Gasteiger partial charge is 0.338 e. The number of rotatable bonds is 8. The summed E-state index contributed by atoms with van der Waals surface area (Å²) in [6, 6.07) is 10.0. The van der Waals surface area contributed by atoms with Crippen LogP contribution in [0.5, 0.6) is 5.75 Å². The zero-order valence-corrected chi connectivity index (χ0v) is 17.2. The van der Waals surface area contributed by atoms with Gasteiger partial charge in [0.05, 0.1) is 23.7 Å². The molecule has 8 nitrogen and oxygen atoms in total. The molecular weight excluding hydrogens is 432 g/mol. The molecule has 0 amide bonds. The van der Waals surface area contributed by atoms with E-state index in [0.29, 0.717) is 10.1 Å². The van der Waals surface area contributed by atoms with Gasteiger partial charge in [-0.25, -0.2) is 22.9 Å². The van der Waals surface area contributed by atoms with Gasteiger partial charge < -0.3 is 9.47 Å². The molecular formula is C20H19F2N3O5S. The molecule has 0 unspecified atom stereocenters. The number of sulfonamides is 1. The number of imidazole rings is 1. The van der Waals surface area contributed by atoms with Crippen molar-refractivity contribution in [1.82, 2.24) is 14.3 Å². The van der Waals surface area contributed by atoms with Gasteiger partial charge in [-0.2, -0.15) is 8.78 Å². The fourth-order valence-electron chi connectivity index (χ4n) is 3.13. The van der Waals surface area contributed by atoms with Gasteiger partial charge in [0, 0.05) is 6.04 Å². The number of aromatic nitrogens is 2. The molecule has 3 aromatic rings. The van der Waals surface area contributed by atoms with Crippen molar-refractivity contribution in [2.24, 2.45) is 0 Å². The number of benzene rings is 2. The third kappa shape index (κ3) is 4.37. The highest BCUT2D eigenvalue weighted by atomic mass is 32.2. The molecule has 1 aliphatic rings. The minimum Gasteiger partial charge on any atom is -0.495 e. The number of carbonyl (C=O) groups excluding carboxylic acids is 1. The summed E-state index contributed by atoms with van der Waals surface area (Å²) in [5.74, 6) is -0.927. The van der Waals surface area contributed by atoms with Crippen LogP contribution in [-0.4, -0.2) is 37.1 Å². The van der Waals surface area contributed by atoms with Gasteiger partial charge in [0.15, 0.2) is 5.82 Å². The van der Waals surface area contributed by atoms with Crippen LogP contribution in [0, 0.1) is 0 Å². The predicted molar refractivity (Wildman–Crippen MR) is 106 cm³/mol. The van der Waals surface area contributed by atoms with E-state index in [1.54, 1.807) is 18.2 Å². The van der Waals surface area contributed by atoms with Gasteiger partial charge in [-0.3, -0.25) is 4.57 Å². The van der Waals surface area contributed by atoms with Gasteiger partial charge in [-0.1, -0.05) is 12.1 Å². The molecule has 4 rings (SSSR count). The van der Waals surface area contributed by atoms with Gasteiger partial charge in [0.1, 0.15) is 17.3 Å². The highest BCUT2D eigenvalue weighted by molar-refractivity contribution is 7.89. The molecule has 0 spiro atoms. The van der Waals surface area contributed by atoms with Crippen molar-refractivity contribution >= 4 is 27.0 Å². The summed E-state index contributed by atoms with van der Waals surface area (Å²) in [4.78, 5) is 16.4. The maximum Gasteiger partial charge on any atom is 0.338 e. The average molecular weight is 451 g/mol. The number of halogens is 2. The summed E-state index contributed by atoms with van der Waals surface area (Å²) >= 11 is 0. The van der Waals surface area contributed by atoms with E-state index in [9.17, 15) is 22.0 Å². The van der Waals surface area contributed by atoms with Gasteiger partial charge >= 0.3 is 12.5 Å². The quantitative estimate of drug-likeness (QED) is 0.528. The Kier molecular flexibility index (Phi) is 5.63. The lowest BCUT2D eigenvalue weighted by atomic mass is 10.2. The molecule has 1 N–H and O–H groups in total. The molecule has 164 valence electrons. The number of para-hydroxylation sites is 2. The number of carbonyl (C=O) groups is 1. The van der Waals surface area contributed by atoms with Crippen LogP contribution in [0.3, 0.4) is 0 Å². The molecule has 0 radical (unpaired) electrons. The Bertz CT molecular complexity index is 1240.